The van der Waals surface area contributed by atoms with Crippen LogP contribution in [0.25, 0.3) is 0 Å². The molecule has 5 nitrogen and oxygen atoms in total. The number of morpholine rings is 1. The van der Waals surface area contributed by atoms with E-state index in [2.05, 4.69) is 42.2 Å². The quantitative estimate of drug-likeness (QED) is 0.489. The van der Waals surface area contributed by atoms with Gasteiger partial charge in [-0.3, -0.25) is 10.1 Å². The predicted molar refractivity (Wildman–Crippen MR) is 118 cm³/mol. The molecule has 30 heavy (non-hydrogen) atoms. The molecule has 1 aliphatic carbocycles. The van der Waals surface area contributed by atoms with Gasteiger partial charge in [-0.2, -0.15) is 0 Å². The molecule has 4 atom stereocenters. The molecule has 0 bridgehead atoms. The lowest BCUT2D eigenvalue weighted by Gasteiger charge is -2.46. The van der Waals surface area contributed by atoms with Gasteiger partial charge in [0.2, 0.25) is 6.54 Å². The molecule has 0 radical (unpaired) electrons. The van der Waals surface area contributed by atoms with E-state index in [0.717, 1.165) is 31.4 Å². The molecule has 1 heterocycles. The molecule has 1 aliphatic heterocycles. The first-order valence-corrected chi connectivity index (χ1v) is 10.9. The summed E-state index contributed by atoms with van der Waals surface area (Å²) < 4.78 is 6.17. The average molecular weight is 407 g/mol. The third kappa shape index (κ3) is 4.41. The standard InChI is InChI=1S/C25H30N2O3/c1-19-25(21-12-6-3-7-13-21)30-17-16-26(19)24-15-9-8-14-22(24)23(18-27(28)29)20-10-4-2-5-11-20/h2-7,10-13,15,19,22-23,25H,8-9,14,16-18H2,1H3. The molecule has 158 valence electrons. The summed E-state index contributed by atoms with van der Waals surface area (Å²) in [6.07, 6.45) is 5.43. The Morgan fingerprint density at radius 3 is 2.53 bits per heavy atom. The van der Waals surface area contributed by atoms with Crippen molar-refractivity contribution in [2.75, 3.05) is 19.7 Å². The zero-order chi connectivity index (χ0) is 20.9. The summed E-state index contributed by atoms with van der Waals surface area (Å²) >= 11 is 0. The molecule has 5 heteroatoms. The van der Waals surface area contributed by atoms with Gasteiger partial charge in [-0.25, -0.2) is 0 Å². The molecule has 4 rings (SSSR count). The van der Waals surface area contributed by atoms with Crippen molar-refractivity contribution in [2.24, 2.45) is 5.92 Å². The van der Waals surface area contributed by atoms with Crippen molar-refractivity contribution in [1.29, 1.82) is 0 Å². The zero-order valence-electron chi connectivity index (χ0n) is 17.5. The smallest absolute Gasteiger partial charge is 0.211 e. The summed E-state index contributed by atoms with van der Waals surface area (Å²) in [5.41, 5.74) is 3.52. The van der Waals surface area contributed by atoms with Crippen LogP contribution < -0.4 is 0 Å². The summed E-state index contributed by atoms with van der Waals surface area (Å²) in [6.45, 7) is 3.67. The van der Waals surface area contributed by atoms with E-state index in [9.17, 15) is 10.1 Å². The highest BCUT2D eigenvalue weighted by Crippen LogP contribution is 2.42. The maximum absolute atomic E-state index is 11.6. The van der Waals surface area contributed by atoms with E-state index >= 15 is 0 Å². The Morgan fingerprint density at radius 2 is 1.83 bits per heavy atom. The predicted octanol–water partition coefficient (Wildman–Crippen LogP) is 5.19. The van der Waals surface area contributed by atoms with Gasteiger partial charge >= 0.3 is 0 Å². The molecule has 2 aromatic rings. The van der Waals surface area contributed by atoms with Gasteiger partial charge in [0, 0.05) is 23.1 Å². The van der Waals surface area contributed by atoms with Crippen LogP contribution in [0.3, 0.4) is 0 Å². The van der Waals surface area contributed by atoms with E-state index in [4.69, 9.17) is 4.74 Å². The number of benzene rings is 2. The number of hydrogen-bond donors (Lipinski definition) is 0. The fourth-order valence-electron chi connectivity index (χ4n) is 5.12. The van der Waals surface area contributed by atoms with Gasteiger partial charge in [0.05, 0.1) is 18.6 Å². The molecule has 1 saturated heterocycles. The molecule has 0 saturated carbocycles. The second-order valence-corrected chi connectivity index (χ2v) is 8.33. The Balaban J connectivity index is 1.64. The number of hydrogen-bond acceptors (Lipinski definition) is 4. The summed E-state index contributed by atoms with van der Waals surface area (Å²) in [5.74, 6) is 0.0430. The largest absolute Gasteiger partial charge is 0.370 e. The van der Waals surface area contributed by atoms with Gasteiger partial charge in [0.25, 0.3) is 0 Å². The third-order valence-electron chi connectivity index (χ3n) is 6.53. The number of ether oxygens (including phenoxy) is 1. The fraction of sp³-hybridized carbons (Fsp3) is 0.440. The maximum atomic E-state index is 11.6. The van der Waals surface area contributed by atoms with Crippen molar-refractivity contribution >= 4 is 0 Å². The number of nitrogens with zero attached hydrogens (tertiary/aromatic N) is 2. The minimum atomic E-state index is -0.153. The van der Waals surface area contributed by atoms with Crippen LogP contribution in [0.1, 0.15) is 49.3 Å². The van der Waals surface area contributed by atoms with Crippen LogP contribution in [0.4, 0.5) is 0 Å². The second-order valence-electron chi connectivity index (χ2n) is 8.33. The Kier molecular flexibility index (Phi) is 6.48. The van der Waals surface area contributed by atoms with E-state index in [1.165, 1.54) is 11.3 Å². The molecule has 0 spiro atoms. The molecule has 2 aliphatic rings. The van der Waals surface area contributed by atoms with Gasteiger partial charge in [-0.1, -0.05) is 66.7 Å². The summed E-state index contributed by atoms with van der Waals surface area (Å²) in [5, 5.41) is 11.6. The average Bonchev–Trinajstić information content (AvgIpc) is 2.79. The molecular formula is C25H30N2O3. The van der Waals surface area contributed by atoms with Crippen LogP contribution in [0, 0.1) is 16.0 Å². The van der Waals surface area contributed by atoms with E-state index in [-0.39, 0.29) is 35.4 Å². The monoisotopic (exact) mass is 406 g/mol. The van der Waals surface area contributed by atoms with E-state index < -0.39 is 0 Å². The van der Waals surface area contributed by atoms with Gasteiger partial charge in [0.1, 0.15) is 6.10 Å². The number of nitro groups is 1. The topological polar surface area (TPSA) is 55.6 Å². The first-order chi connectivity index (χ1) is 14.6. The van der Waals surface area contributed by atoms with E-state index in [0.29, 0.717) is 6.61 Å². The van der Waals surface area contributed by atoms with Crippen LogP contribution in [0.5, 0.6) is 0 Å². The number of allylic oxidation sites excluding steroid dienone is 2. The van der Waals surface area contributed by atoms with Crippen LogP contribution >= 0.6 is 0 Å². The van der Waals surface area contributed by atoms with Crippen LogP contribution in [-0.4, -0.2) is 35.6 Å². The minimum Gasteiger partial charge on any atom is -0.370 e. The highest BCUT2D eigenvalue weighted by Gasteiger charge is 2.38. The summed E-state index contributed by atoms with van der Waals surface area (Å²) in [4.78, 5) is 13.9. The Hall–Kier alpha value is -2.66. The van der Waals surface area contributed by atoms with Gasteiger partial charge < -0.3 is 9.64 Å². The Bertz CT molecular complexity index is 868. The highest BCUT2D eigenvalue weighted by atomic mass is 16.6. The molecule has 0 amide bonds. The van der Waals surface area contributed by atoms with Gasteiger partial charge in [-0.15, -0.1) is 0 Å². The van der Waals surface area contributed by atoms with Crippen molar-refractivity contribution in [1.82, 2.24) is 4.90 Å². The lowest BCUT2D eigenvalue weighted by Crippen LogP contribution is -2.47. The molecular weight excluding hydrogens is 376 g/mol. The lowest BCUT2D eigenvalue weighted by atomic mass is 9.77. The van der Waals surface area contributed by atoms with Crippen LogP contribution in [0.2, 0.25) is 0 Å². The van der Waals surface area contributed by atoms with Crippen molar-refractivity contribution in [3.05, 3.63) is 93.7 Å². The molecule has 0 aromatic heterocycles. The summed E-state index contributed by atoms with van der Waals surface area (Å²) in [6, 6.07) is 20.6. The van der Waals surface area contributed by atoms with Crippen LogP contribution in [0.15, 0.2) is 72.4 Å². The number of rotatable bonds is 6. The summed E-state index contributed by atoms with van der Waals surface area (Å²) in [7, 11) is 0. The molecule has 0 N–H and O–H groups in total. The first kappa shape index (κ1) is 20.6. The van der Waals surface area contributed by atoms with Crippen molar-refractivity contribution in [3.63, 3.8) is 0 Å². The fourth-order valence-corrected chi connectivity index (χ4v) is 5.12. The third-order valence-corrected chi connectivity index (χ3v) is 6.53. The first-order valence-electron chi connectivity index (χ1n) is 10.9. The van der Waals surface area contributed by atoms with Crippen molar-refractivity contribution in [3.8, 4) is 0 Å². The van der Waals surface area contributed by atoms with Gasteiger partial charge in [0.15, 0.2) is 0 Å². The Labute approximate surface area is 178 Å². The SMILES string of the molecule is CC1C(c2ccccc2)OCCN1C1=CCCCC1C(C[N+](=O)[O-])c1ccccc1. The molecule has 2 aromatic carbocycles. The van der Waals surface area contributed by atoms with Crippen molar-refractivity contribution < 1.29 is 9.66 Å². The van der Waals surface area contributed by atoms with Gasteiger partial charge in [-0.05, 0) is 37.3 Å². The molecule has 1 fully saturated rings. The molecule has 4 unspecified atom stereocenters. The highest BCUT2D eigenvalue weighted by molar-refractivity contribution is 5.27. The normalized spacial score (nSPS) is 25.4. The van der Waals surface area contributed by atoms with E-state index in [1.807, 2.05) is 36.4 Å². The zero-order valence-corrected chi connectivity index (χ0v) is 17.5. The maximum Gasteiger partial charge on any atom is 0.211 e. The Morgan fingerprint density at radius 1 is 1.13 bits per heavy atom. The van der Waals surface area contributed by atoms with E-state index in [1.54, 1.807) is 0 Å². The van der Waals surface area contributed by atoms with Crippen molar-refractivity contribution in [2.45, 2.75) is 44.2 Å². The lowest BCUT2D eigenvalue weighted by molar-refractivity contribution is -0.484. The van der Waals surface area contributed by atoms with Crippen LogP contribution in [-0.2, 0) is 4.74 Å². The minimum absolute atomic E-state index is 0.00844. The second kappa shape index (κ2) is 9.43.